The molecule has 15 heavy (non-hydrogen) atoms. The molecule has 4 heteroatoms. The van der Waals surface area contributed by atoms with Gasteiger partial charge in [0.15, 0.2) is 0 Å². The Hall–Kier alpha value is -0.250. The van der Waals surface area contributed by atoms with Crippen LogP contribution in [0.5, 0.6) is 0 Å². The highest BCUT2D eigenvalue weighted by Crippen LogP contribution is 2.34. The molecule has 1 N–H and O–H groups in total. The van der Waals surface area contributed by atoms with Crippen LogP contribution < -0.4 is 5.32 Å². The number of thioether (sulfide) groups is 1. The summed E-state index contributed by atoms with van der Waals surface area (Å²) in [6.07, 6.45) is 1.13. The van der Waals surface area contributed by atoms with Gasteiger partial charge in [-0.15, -0.1) is 11.8 Å². The lowest BCUT2D eigenvalue weighted by Crippen LogP contribution is -2.34. The quantitative estimate of drug-likeness (QED) is 0.812. The van der Waals surface area contributed by atoms with Gasteiger partial charge in [0.1, 0.15) is 5.82 Å². The van der Waals surface area contributed by atoms with Gasteiger partial charge in [-0.25, -0.2) is 4.39 Å². The van der Waals surface area contributed by atoms with Crippen LogP contribution in [0.1, 0.15) is 24.3 Å². The summed E-state index contributed by atoms with van der Waals surface area (Å²) in [5, 5.41) is 3.99. The maximum Gasteiger partial charge on any atom is 0.128 e. The van der Waals surface area contributed by atoms with Gasteiger partial charge in [-0.2, -0.15) is 0 Å². The van der Waals surface area contributed by atoms with Crippen molar-refractivity contribution in [3.63, 3.8) is 0 Å². The van der Waals surface area contributed by atoms with Gasteiger partial charge in [0.05, 0.1) is 5.37 Å². The van der Waals surface area contributed by atoms with Crippen molar-refractivity contribution in [1.29, 1.82) is 0 Å². The van der Waals surface area contributed by atoms with E-state index in [0.717, 1.165) is 12.2 Å². The number of halogens is 2. The lowest BCUT2D eigenvalue weighted by Gasteiger charge is -2.28. The fraction of sp³-hybridized carbons (Fsp3) is 0.455. The van der Waals surface area contributed by atoms with E-state index in [1.807, 2.05) is 0 Å². The third-order valence-electron chi connectivity index (χ3n) is 2.51. The van der Waals surface area contributed by atoms with Crippen molar-refractivity contribution in [3.05, 3.63) is 34.6 Å². The van der Waals surface area contributed by atoms with E-state index in [2.05, 4.69) is 12.2 Å². The van der Waals surface area contributed by atoms with Gasteiger partial charge in [-0.05, 0) is 37.3 Å². The number of rotatable bonds is 1. The Morgan fingerprint density at radius 3 is 3.07 bits per heavy atom. The van der Waals surface area contributed by atoms with Crippen molar-refractivity contribution in [1.82, 2.24) is 5.32 Å². The van der Waals surface area contributed by atoms with Crippen molar-refractivity contribution in [2.24, 2.45) is 0 Å². The first-order valence-electron chi connectivity index (χ1n) is 4.99. The normalized spacial score (nSPS) is 26.6. The van der Waals surface area contributed by atoms with E-state index in [-0.39, 0.29) is 11.2 Å². The van der Waals surface area contributed by atoms with E-state index in [1.54, 1.807) is 23.9 Å². The first-order chi connectivity index (χ1) is 7.16. The summed E-state index contributed by atoms with van der Waals surface area (Å²) >= 11 is 7.60. The van der Waals surface area contributed by atoms with E-state index in [0.29, 0.717) is 16.6 Å². The Kier molecular flexibility index (Phi) is 3.54. The monoisotopic (exact) mass is 245 g/mol. The van der Waals surface area contributed by atoms with Gasteiger partial charge in [0.25, 0.3) is 0 Å². The number of hydrogen-bond acceptors (Lipinski definition) is 2. The molecular weight excluding hydrogens is 233 g/mol. The van der Waals surface area contributed by atoms with Crippen LogP contribution in [0.3, 0.4) is 0 Å². The van der Waals surface area contributed by atoms with Gasteiger partial charge in [-0.1, -0.05) is 11.6 Å². The third kappa shape index (κ3) is 2.65. The van der Waals surface area contributed by atoms with E-state index >= 15 is 0 Å². The summed E-state index contributed by atoms with van der Waals surface area (Å²) < 4.78 is 13.6. The van der Waals surface area contributed by atoms with Crippen molar-refractivity contribution in [2.75, 3.05) is 5.75 Å². The highest BCUT2D eigenvalue weighted by atomic mass is 35.5. The molecule has 1 aliphatic rings. The second-order valence-electron chi connectivity index (χ2n) is 3.77. The minimum Gasteiger partial charge on any atom is -0.299 e. The molecule has 1 nitrogen and oxygen atoms in total. The van der Waals surface area contributed by atoms with Gasteiger partial charge < -0.3 is 0 Å². The molecular formula is C11H13ClFNS. The number of benzene rings is 1. The second kappa shape index (κ2) is 4.73. The van der Waals surface area contributed by atoms with Gasteiger partial charge >= 0.3 is 0 Å². The molecule has 0 amide bonds. The summed E-state index contributed by atoms with van der Waals surface area (Å²) in [4.78, 5) is 0. The highest BCUT2D eigenvalue weighted by molar-refractivity contribution is 7.99. The van der Waals surface area contributed by atoms with Crippen LogP contribution in [0.25, 0.3) is 0 Å². The fourth-order valence-electron chi connectivity index (χ4n) is 1.65. The molecule has 1 aromatic rings. The predicted molar refractivity (Wildman–Crippen MR) is 63.8 cm³/mol. The van der Waals surface area contributed by atoms with Gasteiger partial charge in [0, 0.05) is 16.6 Å². The fourth-order valence-corrected chi connectivity index (χ4v) is 3.24. The van der Waals surface area contributed by atoms with Crippen LogP contribution in [0.2, 0.25) is 5.02 Å². The molecule has 1 fully saturated rings. The maximum absolute atomic E-state index is 13.6. The van der Waals surface area contributed by atoms with Crippen LogP contribution in [0, 0.1) is 5.82 Å². The summed E-state index contributed by atoms with van der Waals surface area (Å²) in [5.74, 6) is 0.878. The molecule has 1 aliphatic heterocycles. The second-order valence-corrected chi connectivity index (χ2v) is 5.42. The van der Waals surface area contributed by atoms with Crippen LogP contribution >= 0.6 is 23.4 Å². The minimum atomic E-state index is -0.182. The lowest BCUT2D eigenvalue weighted by molar-refractivity contribution is 0.496. The third-order valence-corrected chi connectivity index (χ3v) is 3.94. The Bertz CT molecular complexity index is 358. The number of nitrogens with one attached hydrogen (secondary N) is 1. The van der Waals surface area contributed by atoms with Crippen molar-refractivity contribution in [3.8, 4) is 0 Å². The first-order valence-corrected chi connectivity index (χ1v) is 6.42. The van der Waals surface area contributed by atoms with E-state index < -0.39 is 0 Å². The average Bonchev–Trinajstić information content (AvgIpc) is 2.22. The number of hydrogen-bond donors (Lipinski definition) is 1. The van der Waals surface area contributed by atoms with E-state index in [1.165, 1.54) is 6.07 Å². The standard InChI is InChI=1S/C11H13ClFNS/c1-7-4-5-15-11(14-7)9-6-8(12)2-3-10(9)13/h2-3,6-7,11,14H,4-5H2,1H3. The van der Waals surface area contributed by atoms with Crippen LogP contribution in [0.4, 0.5) is 4.39 Å². The predicted octanol–water partition coefficient (Wildman–Crippen LogP) is 3.59. The van der Waals surface area contributed by atoms with Crippen LogP contribution in [-0.4, -0.2) is 11.8 Å². The Morgan fingerprint density at radius 1 is 1.53 bits per heavy atom. The van der Waals surface area contributed by atoms with E-state index in [9.17, 15) is 4.39 Å². The molecule has 2 rings (SSSR count). The molecule has 2 atom stereocenters. The smallest absolute Gasteiger partial charge is 0.128 e. The molecule has 82 valence electrons. The molecule has 2 unspecified atom stereocenters. The molecule has 0 saturated carbocycles. The summed E-state index contributed by atoms with van der Waals surface area (Å²) in [6, 6.07) is 5.16. The molecule has 0 aromatic heterocycles. The highest BCUT2D eigenvalue weighted by Gasteiger charge is 2.22. The zero-order chi connectivity index (χ0) is 10.8. The minimum absolute atomic E-state index is 0.0347. The first kappa shape index (κ1) is 11.2. The summed E-state index contributed by atoms with van der Waals surface area (Å²) in [5.41, 5.74) is 0.666. The average molecular weight is 246 g/mol. The van der Waals surface area contributed by atoms with Crippen LogP contribution in [0.15, 0.2) is 18.2 Å². The largest absolute Gasteiger partial charge is 0.299 e. The molecule has 0 radical (unpaired) electrons. The molecule has 0 aliphatic carbocycles. The van der Waals surface area contributed by atoms with Crippen LogP contribution in [-0.2, 0) is 0 Å². The Balaban J connectivity index is 2.24. The Morgan fingerprint density at radius 2 is 2.33 bits per heavy atom. The summed E-state index contributed by atoms with van der Waals surface area (Å²) in [7, 11) is 0. The Labute approximate surface area is 98.4 Å². The molecule has 1 saturated heterocycles. The SMILES string of the molecule is CC1CCSC(c2cc(Cl)ccc2F)N1. The van der Waals surface area contributed by atoms with Gasteiger partial charge in [-0.3, -0.25) is 5.32 Å². The van der Waals surface area contributed by atoms with Gasteiger partial charge in [0.2, 0.25) is 0 Å². The topological polar surface area (TPSA) is 12.0 Å². The van der Waals surface area contributed by atoms with Crippen molar-refractivity contribution in [2.45, 2.75) is 24.8 Å². The zero-order valence-corrected chi connectivity index (χ0v) is 10.0. The molecule has 0 bridgehead atoms. The molecule has 0 spiro atoms. The lowest BCUT2D eigenvalue weighted by atomic mass is 10.1. The summed E-state index contributed by atoms with van der Waals surface area (Å²) in [6.45, 7) is 2.12. The van der Waals surface area contributed by atoms with Crippen molar-refractivity contribution < 1.29 is 4.39 Å². The molecule has 1 heterocycles. The maximum atomic E-state index is 13.6. The zero-order valence-electron chi connectivity index (χ0n) is 8.47. The molecule has 1 aromatic carbocycles. The van der Waals surface area contributed by atoms with Crippen molar-refractivity contribution >= 4 is 23.4 Å². The van der Waals surface area contributed by atoms with E-state index in [4.69, 9.17) is 11.6 Å².